The highest BCUT2D eigenvalue weighted by Crippen LogP contribution is 2.26. The maximum absolute atomic E-state index is 12.4. The van der Waals surface area contributed by atoms with Crippen LogP contribution in [0.2, 0.25) is 0 Å². The van der Waals surface area contributed by atoms with Gasteiger partial charge in [0, 0.05) is 45.0 Å². The first kappa shape index (κ1) is 14.3. The molecule has 2 saturated heterocycles. The van der Waals surface area contributed by atoms with E-state index in [9.17, 15) is 8.42 Å². The molecule has 20 heavy (non-hydrogen) atoms. The van der Waals surface area contributed by atoms with Crippen molar-refractivity contribution in [1.29, 1.82) is 0 Å². The molecule has 3 rings (SSSR count). The van der Waals surface area contributed by atoms with Crippen LogP contribution in [0.15, 0.2) is 11.8 Å². The van der Waals surface area contributed by atoms with Crippen LogP contribution in [0.1, 0.15) is 19.3 Å². The molecule has 0 aromatic heterocycles. The normalized spacial score (nSPS) is 29.9. The third-order valence-corrected chi connectivity index (χ3v) is 7.00. The molecule has 6 nitrogen and oxygen atoms in total. The summed E-state index contributed by atoms with van der Waals surface area (Å²) in [5.41, 5.74) is 7.29. The fourth-order valence-corrected chi connectivity index (χ4v) is 5.19. The molecule has 2 fully saturated rings. The zero-order chi connectivity index (χ0) is 14.2. The van der Waals surface area contributed by atoms with Gasteiger partial charge in [-0.15, -0.1) is 0 Å². The number of sulfonamides is 1. The van der Waals surface area contributed by atoms with Gasteiger partial charge in [-0.3, -0.25) is 0 Å². The van der Waals surface area contributed by atoms with Gasteiger partial charge in [0.2, 0.25) is 10.0 Å². The van der Waals surface area contributed by atoms with Crippen molar-refractivity contribution in [3.8, 4) is 0 Å². The molecule has 1 atom stereocenters. The van der Waals surface area contributed by atoms with Gasteiger partial charge in [0.25, 0.3) is 0 Å². The predicted molar refractivity (Wildman–Crippen MR) is 78.6 cm³/mol. The van der Waals surface area contributed by atoms with Crippen molar-refractivity contribution in [2.24, 2.45) is 5.73 Å². The molecule has 3 aliphatic rings. The standard InChI is InChI=1S/C13H24N4O2S/c14-12-10-15-5-2-13(12)16-8-3-11(4-9-16)20(18,19)17-6-1-7-17/h2,11-12,15H,1,3-10,14H2. The highest BCUT2D eigenvalue weighted by atomic mass is 32.2. The van der Waals surface area contributed by atoms with Gasteiger partial charge in [0.1, 0.15) is 0 Å². The molecule has 3 heterocycles. The monoisotopic (exact) mass is 300 g/mol. The van der Waals surface area contributed by atoms with Gasteiger partial charge >= 0.3 is 0 Å². The van der Waals surface area contributed by atoms with Crippen LogP contribution in [-0.4, -0.2) is 68.2 Å². The fourth-order valence-electron chi connectivity index (χ4n) is 3.20. The van der Waals surface area contributed by atoms with E-state index in [1.807, 2.05) is 0 Å². The molecule has 0 aromatic carbocycles. The number of nitrogens with zero attached hydrogens (tertiary/aromatic N) is 2. The molecule has 0 aromatic rings. The number of nitrogens with two attached hydrogens (primary N) is 1. The van der Waals surface area contributed by atoms with E-state index in [1.54, 1.807) is 4.31 Å². The number of hydrogen-bond acceptors (Lipinski definition) is 5. The Morgan fingerprint density at radius 1 is 1.20 bits per heavy atom. The molecule has 0 radical (unpaired) electrons. The fraction of sp³-hybridized carbons (Fsp3) is 0.846. The summed E-state index contributed by atoms with van der Waals surface area (Å²) in [6.07, 6.45) is 4.58. The van der Waals surface area contributed by atoms with Crippen molar-refractivity contribution in [1.82, 2.24) is 14.5 Å². The molecule has 114 valence electrons. The van der Waals surface area contributed by atoms with Crippen LogP contribution in [0.5, 0.6) is 0 Å². The Bertz CT molecular complexity index is 479. The van der Waals surface area contributed by atoms with Gasteiger partial charge < -0.3 is 16.0 Å². The summed E-state index contributed by atoms with van der Waals surface area (Å²) in [7, 11) is -3.05. The molecular formula is C13H24N4O2S. The zero-order valence-corrected chi connectivity index (χ0v) is 12.6. The van der Waals surface area contributed by atoms with E-state index in [2.05, 4.69) is 16.3 Å². The molecule has 0 bridgehead atoms. The molecular weight excluding hydrogens is 276 g/mol. The lowest BCUT2D eigenvalue weighted by Crippen LogP contribution is -2.52. The summed E-state index contributed by atoms with van der Waals surface area (Å²) in [5.74, 6) is 0. The van der Waals surface area contributed by atoms with Crippen LogP contribution >= 0.6 is 0 Å². The van der Waals surface area contributed by atoms with E-state index in [1.165, 1.54) is 5.70 Å². The lowest BCUT2D eigenvalue weighted by Gasteiger charge is -2.40. The van der Waals surface area contributed by atoms with Crippen LogP contribution < -0.4 is 11.1 Å². The van der Waals surface area contributed by atoms with Crippen molar-refractivity contribution in [2.75, 3.05) is 39.3 Å². The van der Waals surface area contributed by atoms with Crippen LogP contribution in [0.25, 0.3) is 0 Å². The second kappa shape index (κ2) is 5.63. The van der Waals surface area contributed by atoms with E-state index >= 15 is 0 Å². The summed E-state index contributed by atoms with van der Waals surface area (Å²) >= 11 is 0. The second-order valence-electron chi connectivity index (χ2n) is 5.88. The smallest absolute Gasteiger partial charge is 0.217 e. The van der Waals surface area contributed by atoms with Crippen LogP contribution in [0.3, 0.4) is 0 Å². The highest BCUT2D eigenvalue weighted by molar-refractivity contribution is 7.89. The van der Waals surface area contributed by atoms with Crippen molar-refractivity contribution in [3.05, 3.63) is 11.8 Å². The molecule has 0 saturated carbocycles. The average molecular weight is 300 g/mol. The lowest BCUT2D eigenvalue weighted by molar-refractivity contribution is 0.251. The first-order chi connectivity index (χ1) is 9.59. The minimum absolute atomic E-state index is 0.0345. The van der Waals surface area contributed by atoms with Gasteiger partial charge in [-0.05, 0) is 25.3 Å². The predicted octanol–water partition coefficient (Wildman–Crippen LogP) is -0.699. The topological polar surface area (TPSA) is 78.7 Å². The minimum Gasteiger partial charge on any atom is -0.374 e. The van der Waals surface area contributed by atoms with Gasteiger partial charge in [-0.25, -0.2) is 12.7 Å². The number of hydrogen-bond donors (Lipinski definition) is 2. The zero-order valence-electron chi connectivity index (χ0n) is 11.8. The highest BCUT2D eigenvalue weighted by Gasteiger charge is 2.37. The molecule has 1 unspecified atom stereocenters. The van der Waals surface area contributed by atoms with Gasteiger partial charge in [-0.2, -0.15) is 0 Å². The van der Waals surface area contributed by atoms with Crippen LogP contribution in [0, 0.1) is 0 Å². The Labute approximate surface area is 121 Å². The Morgan fingerprint density at radius 2 is 1.90 bits per heavy atom. The van der Waals surface area contributed by atoms with Gasteiger partial charge in [-0.1, -0.05) is 0 Å². The largest absolute Gasteiger partial charge is 0.374 e. The summed E-state index contributed by atoms with van der Waals surface area (Å²) < 4.78 is 26.4. The Kier molecular flexibility index (Phi) is 4.03. The molecule has 7 heteroatoms. The van der Waals surface area contributed by atoms with E-state index in [4.69, 9.17) is 5.73 Å². The van der Waals surface area contributed by atoms with E-state index in [-0.39, 0.29) is 11.3 Å². The Morgan fingerprint density at radius 3 is 2.45 bits per heavy atom. The maximum atomic E-state index is 12.4. The van der Waals surface area contributed by atoms with E-state index < -0.39 is 10.0 Å². The van der Waals surface area contributed by atoms with Crippen molar-refractivity contribution in [2.45, 2.75) is 30.6 Å². The summed E-state index contributed by atoms with van der Waals surface area (Å²) in [4.78, 5) is 2.27. The maximum Gasteiger partial charge on any atom is 0.217 e. The van der Waals surface area contributed by atoms with Crippen molar-refractivity contribution >= 4 is 10.0 Å². The van der Waals surface area contributed by atoms with Crippen LogP contribution in [0.4, 0.5) is 0 Å². The van der Waals surface area contributed by atoms with E-state index in [0.717, 1.165) is 45.4 Å². The molecule has 3 aliphatic heterocycles. The third-order valence-electron chi connectivity index (χ3n) is 4.60. The first-order valence-electron chi connectivity index (χ1n) is 7.49. The third kappa shape index (κ3) is 2.59. The SMILES string of the molecule is NC1CNCC=C1N1CCC(S(=O)(=O)N2CCC2)CC1. The number of likely N-dealkylation sites (tertiary alicyclic amines) is 1. The number of piperidine rings is 1. The molecule has 0 aliphatic carbocycles. The van der Waals surface area contributed by atoms with Crippen molar-refractivity contribution < 1.29 is 8.42 Å². The minimum atomic E-state index is -3.05. The van der Waals surface area contributed by atoms with Gasteiger partial charge in [0.05, 0.1) is 11.3 Å². The first-order valence-corrected chi connectivity index (χ1v) is 8.99. The van der Waals surface area contributed by atoms with Gasteiger partial charge in [0.15, 0.2) is 0 Å². The number of rotatable bonds is 3. The quantitative estimate of drug-likeness (QED) is 0.721. The lowest BCUT2D eigenvalue weighted by atomic mass is 10.1. The van der Waals surface area contributed by atoms with E-state index in [0.29, 0.717) is 13.1 Å². The summed E-state index contributed by atoms with van der Waals surface area (Å²) in [6.45, 7) is 4.69. The second-order valence-corrected chi connectivity index (χ2v) is 8.09. The van der Waals surface area contributed by atoms with Crippen molar-refractivity contribution in [3.63, 3.8) is 0 Å². The number of nitrogens with one attached hydrogen (secondary N) is 1. The summed E-state index contributed by atoms with van der Waals surface area (Å²) in [5, 5.41) is 3.04. The Balaban J connectivity index is 1.61. The summed E-state index contributed by atoms with van der Waals surface area (Å²) in [6, 6.07) is 0.0345. The van der Waals surface area contributed by atoms with Crippen LogP contribution in [-0.2, 0) is 10.0 Å². The average Bonchev–Trinajstić information content (AvgIpc) is 2.37. The molecule has 0 spiro atoms. The Hall–Kier alpha value is -0.630. The molecule has 3 N–H and O–H groups in total. The molecule has 0 amide bonds.